The molecule has 0 amide bonds. The van der Waals surface area contributed by atoms with Gasteiger partial charge in [0, 0.05) is 5.92 Å². The predicted molar refractivity (Wildman–Crippen MR) is 53.7 cm³/mol. The number of nitrogens with one attached hydrogen (secondary N) is 1. The molecular formula is C11H14N2O2. The number of carboxylic acid groups (broad SMARTS) is 1. The van der Waals surface area contributed by atoms with Crippen molar-refractivity contribution in [3.8, 4) is 0 Å². The molecule has 2 saturated carbocycles. The molecule has 0 spiro atoms. The number of nitrogens with zero attached hydrogens (tertiary/aromatic N) is 1. The van der Waals surface area contributed by atoms with Crippen LogP contribution in [0.4, 0.5) is 0 Å². The zero-order valence-corrected chi connectivity index (χ0v) is 8.44. The SMILES string of the molecule is O=C(O)c1cn[nH]c1C1CC2CCC1C2. The van der Waals surface area contributed by atoms with E-state index < -0.39 is 5.97 Å². The average molecular weight is 206 g/mol. The highest BCUT2D eigenvalue weighted by atomic mass is 16.4. The van der Waals surface area contributed by atoms with Crippen molar-refractivity contribution in [1.82, 2.24) is 10.2 Å². The molecule has 1 heterocycles. The standard InChI is InChI=1S/C11H14N2O2/c14-11(15)9-5-12-13-10(9)8-4-6-1-2-7(8)3-6/h5-8H,1-4H2,(H,12,13)(H,14,15). The van der Waals surface area contributed by atoms with Crippen LogP contribution in [0.2, 0.25) is 0 Å². The predicted octanol–water partition coefficient (Wildman–Crippen LogP) is 2.01. The smallest absolute Gasteiger partial charge is 0.339 e. The van der Waals surface area contributed by atoms with Gasteiger partial charge in [-0.25, -0.2) is 4.79 Å². The molecule has 0 aromatic carbocycles. The summed E-state index contributed by atoms with van der Waals surface area (Å²) in [5, 5.41) is 15.8. The topological polar surface area (TPSA) is 66.0 Å². The van der Waals surface area contributed by atoms with E-state index >= 15 is 0 Å². The number of fused-ring (bicyclic) bond motifs is 2. The first-order valence-electron chi connectivity index (χ1n) is 5.52. The van der Waals surface area contributed by atoms with Crippen LogP contribution in [-0.2, 0) is 0 Å². The van der Waals surface area contributed by atoms with Crippen LogP contribution in [0.1, 0.15) is 47.7 Å². The third-order valence-corrected chi connectivity index (χ3v) is 4.01. The van der Waals surface area contributed by atoms with Gasteiger partial charge in [0.05, 0.1) is 11.9 Å². The van der Waals surface area contributed by atoms with Crippen molar-refractivity contribution in [1.29, 1.82) is 0 Å². The maximum absolute atomic E-state index is 11.0. The third kappa shape index (κ3) is 1.28. The molecule has 2 N–H and O–H groups in total. The van der Waals surface area contributed by atoms with Crippen LogP contribution in [0.3, 0.4) is 0 Å². The molecule has 2 aliphatic carbocycles. The van der Waals surface area contributed by atoms with Crippen molar-refractivity contribution in [3.63, 3.8) is 0 Å². The first-order valence-corrected chi connectivity index (χ1v) is 5.52. The summed E-state index contributed by atoms with van der Waals surface area (Å²) < 4.78 is 0. The molecule has 3 atom stereocenters. The normalized spacial score (nSPS) is 33.5. The number of carbonyl (C=O) groups is 1. The molecule has 80 valence electrons. The van der Waals surface area contributed by atoms with Crippen LogP contribution in [0, 0.1) is 11.8 Å². The van der Waals surface area contributed by atoms with E-state index in [2.05, 4.69) is 10.2 Å². The van der Waals surface area contributed by atoms with Crippen LogP contribution in [0.15, 0.2) is 6.20 Å². The Morgan fingerprint density at radius 3 is 2.93 bits per heavy atom. The minimum absolute atomic E-state index is 0.368. The lowest BCUT2D eigenvalue weighted by molar-refractivity contribution is 0.0694. The zero-order chi connectivity index (χ0) is 10.4. The Balaban J connectivity index is 1.93. The van der Waals surface area contributed by atoms with Gasteiger partial charge in [0.1, 0.15) is 5.56 Å². The summed E-state index contributed by atoms with van der Waals surface area (Å²) in [4.78, 5) is 11.0. The van der Waals surface area contributed by atoms with Crippen LogP contribution >= 0.6 is 0 Å². The Kier molecular flexibility index (Phi) is 1.84. The van der Waals surface area contributed by atoms with Gasteiger partial charge in [-0.3, -0.25) is 5.10 Å². The van der Waals surface area contributed by atoms with Crippen molar-refractivity contribution < 1.29 is 9.90 Å². The third-order valence-electron chi connectivity index (χ3n) is 4.01. The summed E-state index contributed by atoms with van der Waals surface area (Å²) in [5.74, 6) is 1.07. The molecule has 2 fully saturated rings. The van der Waals surface area contributed by atoms with E-state index in [9.17, 15) is 4.79 Å². The number of hydrogen-bond acceptors (Lipinski definition) is 2. The maximum atomic E-state index is 11.0. The fourth-order valence-corrected chi connectivity index (χ4v) is 3.35. The monoisotopic (exact) mass is 206 g/mol. The number of aromatic amines is 1. The minimum Gasteiger partial charge on any atom is -0.478 e. The fourth-order valence-electron chi connectivity index (χ4n) is 3.35. The zero-order valence-electron chi connectivity index (χ0n) is 8.44. The van der Waals surface area contributed by atoms with Crippen molar-refractivity contribution in [2.45, 2.75) is 31.6 Å². The Labute approximate surface area is 87.7 Å². The highest BCUT2D eigenvalue weighted by Crippen LogP contribution is 2.52. The summed E-state index contributed by atoms with van der Waals surface area (Å²) in [6.45, 7) is 0. The molecule has 0 saturated heterocycles. The summed E-state index contributed by atoms with van der Waals surface area (Å²) in [7, 11) is 0. The average Bonchev–Trinajstić information content (AvgIpc) is 2.92. The summed E-state index contributed by atoms with van der Waals surface area (Å²) in [6.07, 6.45) is 6.45. The molecular weight excluding hydrogens is 192 g/mol. The van der Waals surface area contributed by atoms with Crippen LogP contribution in [0.25, 0.3) is 0 Å². The number of carboxylic acids is 1. The molecule has 1 aromatic rings. The van der Waals surface area contributed by atoms with Crippen molar-refractivity contribution in [3.05, 3.63) is 17.5 Å². The Hall–Kier alpha value is -1.32. The van der Waals surface area contributed by atoms with Gasteiger partial charge in [-0.2, -0.15) is 5.10 Å². The summed E-state index contributed by atoms with van der Waals surface area (Å²) in [5.41, 5.74) is 1.22. The number of hydrogen-bond donors (Lipinski definition) is 2. The van der Waals surface area contributed by atoms with Gasteiger partial charge in [-0.1, -0.05) is 6.42 Å². The van der Waals surface area contributed by atoms with E-state index in [4.69, 9.17) is 5.11 Å². The van der Waals surface area contributed by atoms with Crippen LogP contribution in [-0.4, -0.2) is 21.3 Å². The molecule has 4 heteroatoms. The number of aromatic carboxylic acids is 1. The van der Waals surface area contributed by atoms with Gasteiger partial charge >= 0.3 is 5.97 Å². The molecule has 4 nitrogen and oxygen atoms in total. The van der Waals surface area contributed by atoms with E-state index in [0.29, 0.717) is 17.4 Å². The van der Waals surface area contributed by atoms with E-state index in [0.717, 1.165) is 18.0 Å². The van der Waals surface area contributed by atoms with Crippen molar-refractivity contribution >= 4 is 5.97 Å². The lowest BCUT2D eigenvalue weighted by atomic mass is 9.85. The number of aromatic nitrogens is 2. The van der Waals surface area contributed by atoms with Crippen LogP contribution in [0.5, 0.6) is 0 Å². The minimum atomic E-state index is -0.860. The maximum Gasteiger partial charge on any atom is 0.339 e. The lowest BCUT2D eigenvalue weighted by Gasteiger charge is -2.20. The van der Waals surface area contributed by atoms with Gasteiger partial charge < -0.3 is 5.11 Å². The van der Waals surface area contributed by atoms with Gasteiger partial charge in [0.25, 0.3) is 0 Å². The first-order chi connectivity index (χ1) is 7.25. The highest BCUT2D eigenvalue weighted by Gasteiger charge is 2.42. The first kappa shape index (κ1) is 8.95. The largest absolute Gasteiger partial charge is 0.478 e. The molecule has 0 radical (unpaired) electrons. The quantitative estimate of drug-likeness (QED) is 0.777. The van der Waals surface area contributed by atoms with Crippen molar-refractivity contribution in [2.75, 3.05) is 0 Å². The van der Waals surface area contributed by atoms with Crippen molar-refractivity contribution in [2.24, 2.45) is 11.8 Å². The van der Waals surface area contributed by atoms with Crippen LogP contribution < -0.4 is 0 Å². The number of H-pyrrole nitrogens is 1. The van der Waals surface area contributed by atoms with Gasteiger partial charge in [0.2, 0.25) is 0 Å². The Morgan fingerprint density at radius 1 is 1.47 bits per heavy atom. The molecule has 0 aliphatic heterocycles. The summed E-state index contributed by atoms with van der Waals surface area (Å²) >= 11 is 0. The molecule has 1 aromatic heterocycles. The lowest BCUT2D eigenvalue weighted by Crippen LogP contribution is -2.12. The second-order valence-electron chi connectivity index (χ2n) is 4.78. The van der Waals surface area contributed by atoms with Gasteiger partial charge in [-0.15, -0.1) is 0 Å². The molecule has 3 unspecified atom stereocenters. The molecule has 2 bridgehead atoms. The summed E-state index contributed by atoms with van der Waals surface area (Å²) in [6, 6.07) is 0. The second-order valence-corrected chi connectivity index (χ2v) is 4.78. The van der Waals surface area contributed by atoms with Gasteiger partial charge in [0.15, 0.2) is 0 Å². The fraction of sp³-hybridized carbons (Fsp3) is 0.636. The Morgan fingerprint density at radius 2 is 2.33 bits per heavy atom. The number of rotatable bonds is 2. The van der Waals surface area contributed by atoms with Gasteiger partial charge in [-0.05, 0) is 31.1 Å². The molecule has 2 aliphatic rings. The molecule has 15 heavy (non-hydrogen) atoms. The van der Waals surface area contributed by atoms with E-state index in [1.165, 1.54) is 25.5 Å². The van der Waals surface area contributed by atoms with E-state index in [1.807, 2.05) is 0 Å². The van der Waals surface area contributed by atoms with E-state index in [1.54, 1.807) is 0 Å². The Bertz CT molecular complexity index is 399. The van der Waals surface area contributed by atoms with E-state index in [-0.39, 0.29) is 0 Å². The second kappa shape index (κ2) is 3.08. The highest BCUT2D eigenvalue weighted by molar-refractivity contribution is 5.88. The molecule has 3 rings (SSSR count).